The van der Waals surface area contributed by atoms with Crippen molar-refractivity contribution in [3.8, 4) is 16.8 Å². The normalized spacial score (nSPS) is 19.2. The average molecular weight is 606 g/mol. The van der Waals surface area contributed by atoms with Crippen molar-refractivity contribution >= 4 is 38.7 Å². The Hall–Kier alpha value is -3.42. The van der Waals surface area contributed by atoms with Crippen LogP contribution in [0.15, 0.2) is 23.4 Å². The molecular formula is C25H29F2N9O3S2. The van der Waals surface area contributed by atoms with Gasteiger partial charge in [-0.15, -0.1) is 10.2 Å². The van der Waals surface area contributed by atoms with E-state index in [1.807, 2.05) is 27.8 Å². The van der Waals surface area contributed by atoms with Gasteiger partial charge < -0.3 is 14.7 Å². The van der Waals surface area contributed by atoms with Crippen LogP contribution in [0.25, 0.3) is 16.3 Å². The lowest BCUT2D eigenvalue weighted by Gasteiger charge is -2.39. The molecule has 3 fully saturated rings. The van der Waals surface area contributed by atoms with Crippen LogP contribution >= 0.6 is 11.3 Å². The monoisotopic (exact) mass is 605 g/mol. The molecule has 3 aliphatic rings. The molecule has 0 radical (unpaired) electrons. The van der Waals surface area contributed by atoms with Gasteiger partial charge in [-0.2, -0.15) is 9.98 Å². The molecule has 4 heterocycles. The lowest BCUT2D eigenvalue weighted by atomic mass is 10.2. The topological polar surface area (TPSA) is 140 Å². The third-order valence-corrected chi connectivity index (χ3v) is 10.5. The van der Waals surface area contributed by atoms with Crippen molar-refractivity contribution in [3.05, 3.63) is 23.5 Å². The van der Waals surface area contributed by atoms with Gasteiger partial charge in [0.1, 0.15) is 16.1 Å². The molecule has 3 aromatic rings. The zero-order valence-corrected chi connectivity index (χ0v) is 24.0. The molecule has 0 spiro atoms. The van der Waals surface area contributed by atoms with Crippen molar-refractivity contribution in [1.29, 1.82) is 5.26 Å². The number of fused-ring (bicyclic) bond motifs is 1. The number of aromatic nitrogens is 4. The molecule has 1 aliphatic heterocycles. The summed E-state index contributed by atoms with van der Waals surface area (Å²) in [6, 6.07) is 3.79. The van der Waals surface area contributed by atoms with Gasteiger partial charge in [0.2, 0.25) is 10.0 Å². The Balaban J connectivity index is 1.33. The van der Waals surface area contributed by atoms with E-state index in [2.05, 4.69) is 19.9 Å². The smallest absolute Gasteiger partial charge is 0.320 e. The fraction of sp³-hybridized carbons (Fsp3) is 0.560. The fourth-order valence-electron chi connectivity index (χ4n) is 5.50. The van der Waals surface area contributed by atoms with Crippen LogP contribution in [0.1, 0.15) is 50.0 Å². The second-order valence-corrected chi connectivity index (χ2v) is 13.4. The van der Waals surface area contributed by atoms with E-state index in [1.165, 1.54) is 22.9 Å². The van der Waals surface area contributed by atoms with Crippen molar-refractivity contribution in [2.45, 2.75) is 61.4 Å². The number of nitrogens with one attached hydrogen (secondary N) is 1. The summed E-state index contributed by atoms with van der Waals surface area (Å²) in [7, 11) is -2.27. The van der Waals surface area contributed by atoms with Crippen LogP contribution in [-0.2, 0) is 10.0 Å². The number of carbonyl (C=O) groups excluding carboxylic acids is 1. The maximum absolute atomic E-state index is 13.4. The first-order valence-corrected chi connectivity index (χ1v) is 15.8. The molecule has 12 nitrogen and oxygen atoms in total. The molecule has 16 heteroatoms. The number of anilines is 1. The number of rotatable bonds is 7. The second kappa shape index (κ2) is 10.4. The van der Waals surface area contributed by atoms with Gasteiger partial charge in [-0.1, -0.05) is 24.2 Å². The molecule has 1 saturated heterocycles. The number of alkyl halides is 2. The maximum Gasteiger partial charge on any atom is 0.320 e. The van der Waals surface area contributed by atoms with Crippen molar-refractivity contribution in [2.75, 3.05) is 38.1 Å². The maximum atomic E-state index is 13.4. The number of halogens is 2. The van der Waals surface area contributed by atoms with Gasteiger partial charge >= 0.3 is 6.03 Å². The molecule has 1 N–H and O–H groups in total. The van der Waals surface area contributed by atoms with Crippen LogP contribution in [0.4, 0.5) is 19.3 Å². The first kappa shape index (κ1) is 27.7. The summed E-state index contributed by atoms with van der Waals surface area (Å²) in [5, 5.41) is 16.6. The summed E-state index contributed by atoms with van der Waals surface area (Å²) in [5.41, 5.74) is 0.109. The highest BCUT2D eigenvalue weighted by Crippen LogP contribution is 2.38. The molecule has 2 aliphatic carbocycles. The minimum atomic E-state index is -4.12. The molecule has 0 bridgehead atoms. The number of amides is 2. The first-order chi connectivity index (χ1) is 19.6. The molecular weight excluding hydrogens is 576 g/mol. The highest BCUT2D eigenvalue weighted by molar-refractivity contribution is 7.89. The van der Waals surface area contributed by atoms with Gasteiger partial charge in [0, 0.05) is 45.5 Å². The molecule has 0 atom stereocenters. The largest absolute Gasteiger partial charge is 0.365 e. The third-order valence-electron chi connectivity index (χ3n) is 8.08. The SMILES string of the molecule is CN(C(=O)N1CCN(c2cc(S(=O)(=O)NC3(C#N)CC3)cn3c(-c4nnc(C(F)F)s4)cnc23)CC1)C1CCCC1. The third kappa shape index (κ3) is 5.22. The van der Waals surface area contributed by atoms with Crippen molar-refractivity contribution in [3.63, 3.8) is 0 Å². The number of pyridine rings is 1. The molecule has 41 heavy (non-hydrogen) atoms. The summed E-state index contributed by atoms with van der Waals surface area (Å²) in [5.74, 6) is 0. The standard InChI is InChI=1S/C25H29F2N9O3S2/c1-33(16-4-2-3-5-16)24(37)35-10-8-34(9-11-35)18-12-17(41(38,39)32-25(15-28)6-7-25)14-36-19(13-29-21(18)36)22-30-31-23(40-22)20(26)27/h12-14,16,20,32H,2-11H2,1H3. The fourth-order valence-corrected chi connectivity index (χ4v) is 7.60. The molecule has 0 unspecified atom stereocenters. The van der Waals surface area contributed by atoms with E-state index in [9.17, 15) is 27.3 Å². The Kier molecular flexibility index (Phi) is 7.07. The number of hydrogen-bond donors (Lipinski definition) is 1. The average Bonchev–Trinajstić information content (AvgIpc) is 3.40. The van der Waals surface area contributed by atoms with Crippen molar-refractivity contribution < 1.29 is 22.0 Å². The van der Waals surface area contributed by atoms with Crippen LogP contribution in [0.2, 0.25) is 0 Å². The first-order valence-electron chi connectivity index (χ1n) is 13.5. The number of nitrogens with zero attached hydrogens (tertiary/aromatic N) is 8. The summed E-state index contributed by atoms with van der Waals surface area (Å²) in [4.78, 5) is 23.1. The Morgan fingerprint density at radius 1 is 1.22 bits per heavy atom. The Labute approximate surface area is 239 Å². The highest BCUT2D eigenvalue weighted by atomic mass is 32.2. The molecule has 3 aromatic heterocycles. The molecule has 2 amide bonds. The lowest BCUT2D eigenvalue weighted by Crippen LogP contribution is -2.53. The molecule has 0 aromatic carbocycles. The van der Waals surface area contributed by atoms with Gasteiger partial charge in [0.15, 0.2) is 15.7 Å². The number of nitriles is 1. The highest BCUT2D eigenvalue weighted by Gasteiger charge is 2.47. The molecule has 218 valence electrons. The Morgan fingerprint density at radius 2 is 1.93 bits per heavy atom. The van der Waals surface area contributed by atoms with Crippen LogP contribution in [-0.4, -0.2) is 88.6 Å². The number of carbonyl (C=O) groups is 1. The van der Waals surface area contributed by atoms with E-state index in [1.54, 1.807) is 0 Å². The van der Waals surface area contributed by atoms with E-state index in [-0.39, 0.29) is 22.0 Å². The number of imidazole rings is 1. The lowest BCUT2D eigenvalue weighted by molar-refractivity contribution is 0.144. The predicted molar refractivity (Wildman–Crippen MR) is 146 cm³/mol. The summed E-state index contributed by atoms with van der Waals surface area (Å²) in [6.45, 7) is 1.76. The van der Waals surface area contributed by atoms with Gasteiger partial charge in [-0.25, -0.2) is 27.0 Å². The minimum absolute atomic E-state index is 0.0114. The molecule has 2 saturated carbocycles. The van der Waals surface area contributed by atoms with Crippen LogP contribution in [0.3, 0.4) is 0 Å². The van der Waals surface area contributed by atoms with Gasteiger partial charge in [0.05, 0.1) is 18.0 Å². The van der Waals surface area contributed by atoms with Gasteiger partial charge in [-0.05, 0) is 31.7 Å². The van der Waals surface area contributed by atoms with Crippen molar-refractivity contribution in [2.24, 2.45) is 0 Å². The summed E-state index contributed by atoms with van der Waals surface area (Å²) >= 11 is 0.705. The number of piperazine rings is 1. The quantitative estimate of drug-likeness (QED) is 0.433. The van der Waals surface area contributed by atoms with Crippen LogP contribution < -0.4 is 9.62 Å². The zero-order valence-electron chi connectivity index (χ0n) is 22.3. The van der Waals surface area contributed by atoms with Crippen LogP contribution in [0.5, 0.6) is 0 Å². The summed E-state index contributed by atoms with van der Waals surface area (Å²) in [6.07, 6.45) is 5.13. The zero-order chi connectivity index (χ0) is 28.9. The van der Waals surface area contributed by atoms with Crippen LogP contribution in [0, 0.1) is 11.3 Å². The van der Waals surface area contributed by atoms with Gasteiger partial charge in [-0.3, -0.25) is 4.40 Å². The van der Waals surface area contributed by atoms with Crippen molar-refractivity contribution in [1.82, 2.24) is 34.1 Å². The summed E-state index contributed by atoms with van der Waals surface area (Å²) < 4.78 is 57.3. The van der Waals surface area contributed by atoms with E-state index in [0.29, 0.717) is 67.4 Å². The predicted octanol–water partition coefficient (Wildman–Crippen LogP) is 3.24. The van der Waals surface area contributed by atoms with Gasteiger partial charge in [0.25, 0.3) is 6.43 Å². The number of hydrogen-bond acceptors (Lipinski definition) is 9. The van der Waals surface area contributed by atoms with E-state index < -0.39 is 27.0 Å². The van der Waals surface area contributed by atoms with E-state index in [4.69, 9.17) is 0 Å². The minimum Gasteiger partial charge on any atom is -0.365 e. The number of urea groups is 1. The second-order valence-electron chi connectivity index (χ2n) is 10.7. The molecule has 6 rings (SSSR count). The Bertz CT molecular complexity index is 1620. The Morgan fingerprint density at radius 3 is 2.54 bits per heavy atom. The van der Waals surface area contributed by atoms with E-state index >= 15 is 0 Å². The van der Waals surface area contributed by atoms with E-state index in [0.717, 1.165) is 25.7 Å². The number of sulfonamides is 1.